The number of aliphatic hydroxyl groups is 1. The van der Waals surface area contributed by atoms with Crippen LogP contribution >= 0.6 is 11.8 Å². The fourth-order valence-corrected chi connectivity index (χ4v) is 3.87. The van der Waals surface area contributed by atoms with Gasteiger partial charge in [-0.2, -0.15) is 11.8 Å². The molecule has 2 aromatic heterocycles. The summed E-state index contributed by atoms with van der Waals surface area (Å²) in [6.07, 6.45) is 1.48. The molecule has 0 bridgehead atoms. The zero-order valence-corrected chi connectivity index (χ0v) is 13.0. The Kier molecular flexibility index (Phi) is 3.75. The molecule has 1 N–H and O–H groups in total. The van der Waals surface area contributed by atoms with Gasteiger partial charge in [-0.1, -0.05) is 0 Å². The highest BCUT2D eigenvalue weighted by molar-refractivity contribution is 7.99. The second kappa shape index (κ2) is 5.88. The molecule has 0 saturated carbocycles. The Labute approximate surface area is 131 Å². The standard InChI is InChI=1S/C13H18N6O2S/c20-9-2-1-3-19(8-9)13-12(18-4-6-22-7-5-18)14-10-11(15-13)17-21-16-10/h9,20H,1-8H2/t9-/m1/s1. The van der Waals surface area contributed by atoms with Crippen LogP contribution in [0.15, 0.2) is 4.63 Å². The molecule has 4 rings (SSSR count). The van der Waals surface area contributed by atoms with Crippen molar-refractivity contribution in [2.75, 3.05) is 47.5 Å². The van der Waals surface area contributed by atoms with Gasteiger partial charge in [0.2, 0.25) is 11.3 Å². The molecule has 0 spiro atoms. The van der Waals surface area contributed by atoms with E-state index in [9.17, 15) is 5.11 Å². The quantitative estimate of drug-likeness (QED) is 0.849. The maximum Gasteiger partial charge on any atom is 0.245 e. The summed E-state index contributed by atoms with van der Waals surface area (Å²) in [5.41, 5.74) is 0.861. The van der Waals surface area contributed by atoms with E-state index >= 15 is 0 Å². The van der Waals surface area contributed by atoms with Gasteiger partial charge >= 0.3 is 0 Å². The average molecular weight is 322 g/mol. The summed E-state index contributed by atoms with van der Waals surface area (Å²) in [5, 5.41) is 17.6. The summed E-state index contributed by atoms with van der Waals surface area (Å²) in [6, 6.07) is 0. The number of thioether (sulfide) groups is 1. The van der Waals surface area contributed by atoms with Gasteiger partial charge in [-0.3, -0.25) is 0 Å². The van der Waals surface area contributed by atoms with Crippen molar-refractivity contribution in [1.29, 1.82) is 0 Å². The van der Waals surface area contributed by atoms with E-state index in [0.717, 1.165) is 55.6 Å². The number of β-amino-alcohol motifs (C(OH)–C–C–N with tert-alkyl or cyclic N) is 1. The maximum absolute atomic E-state index is 9.96. The third kappa shape index (κ3) is 2.58. The lowest BCUT2D eigenvalue weighted by Crippen LogP contribution is -2.41. The van der Waals surface area contributed by atoms with Crippen LogP contribution in [0.1, 0.15) is 12.8 Å². The lowest BCUT2D eigenvalue weighted by Gasteiger charge is -2.35. The Hall–Kier alpha value is -1.61. The first kappa shape index (κ1) is 14.0. The minimum atomic E-state index is -0.313. The number of rotatable bonds is 2. The number of nitrogens with zero attached hydrogens (tertiary/aromatic N) is 6. The first-order chi connectivity index (χ1) is 10.8. The number of hydrogen-bond donors (Lipinski definition) is 1. The number of aromatic nitrogens is 4. The number of anilines is 2. The molecular formula is C13H18N6O2S. The maximum atomic E-state index is 9.96. The average Bonchev–Trinajstić information content (AvgIpc) is 3.02. The highest BCUT2D eigenvalue weighted by Crippen LogP contribution is 2.30. The second-order valence-electron chi connectivity index (χ2n) is 5.62. The Bertz CT molecular complexity index is 659. The zero-order chi connectivity index (χ0) is 14.9. The Morgan fingerprint density at radius 2 is 1.68 bits per heavy atom. The fourth-order valence-electron chi connectivity index (χ4n) is 2.97. The van der Waals surface area contributed by atoms with Crippen LogP contribution in [-0.4, -0.2) is 69.2 Å². The topological polar surface area (TPSA) is 91.4 Å². The van der Waals surface area contributed by atoms with E-state index in [1.807, 2.05) is 11.8 Å². The molecule has 2 aliphatic heterocycles. The van der Waals surface area contributed by atoms with Crippen LogP contribution < -0.4 is 9.80 Å². The number of hydrogen-bond acceptors (Lipinski definition) is 9. The Morgan fingerprint density at radius 1 is 1.00 bits per heavy atom. The molecule has 2 fully saturated rings. The highest BCUT2D eigenvalue weighted by atomic mass is 32.2. The summed E-state index contributed by atoms with van der Waals surface area (Å²) in [6.45, 7) is 3.35. The third-order valence-electron chi connectivity index (χ3n) is 4.08. The lowest BCUT2D eigenvalue weighted by molar-refractivity contribution is 0.154. The molecule has 2 aliphatic rings. The minimum Gasteiger partial charge on any atom is -0.391 e. The van der Waals surface area contributed by atoms with Crippen LogP contribution in [0, 0.1) is 0 Å². The molecule has 0 aromatic carbocycles. The van der Waals surface area contributed by atoms with Crippen molar-refractivity contribution >= 4 is 34.7 Å². The van der Waals surface area contributed by atoms with Gasteiger partial charge in [-0.15, -0.1) is 0 Å². The summed E-state index contributed by atoms with van der Waals surface area (Å²) >= 11 is 1.95. The van der Waals surface area contributed by atoms with Crippen LogP contribution in [0.5, 0.6) is 0 Å². The second-order valence-corrected chi connectivity index (χ2v) is 6.85. The number of piperidine rings is 1. The van der Waals surface area contributed by atoms with E-state index < -0.39 is 0 Å². The van der Waals surface area contributed by atoms with Crippen LogP contribution in [0.4, 0.5) is 11.6 Å². The molecule has 4 heterocycles. The molecule has 0 unspecified atom stereocenters. The van der Waals surface area contributed by atoms with Crippen molar-refractivity contribution in [1.82, 2.24) is 20.3 Å². The first-order valence-corrected chi connectivity index (χ1v) is 8.73. The minimum absolute atomic E-state index is 0.313. The van der Waals surface area contributed by atoms with Gasteiger partial charge in [0, 0.05) is 37.7 Å². The largest absolute Gasteiger partial charge is 0.391 e. The van der Waals surface area contributed by atoms with E-state index in [-0.39, 0.29) is 6.10 Å². The van der Waals surface area contributed by atoms with Gasteiger partial charge in [0.25, 0.3) is 0 Å². The van der Waals surface area contributed by atoms with Crippen molar-refractivity contribution in [3.05, 3.63) is 0 Å². The normalized spacial score (nSPS) is 23.2. The first-order valence-electron chi connectivity index (χ1n) is 7.57. The van der Waals surface area contributed by atoms with Gasteiger partial charge in [-0.05, 0) is 23.2 Å². The Morgan fingerprint density at radius 3 is 2.36 bits per heavy atom. The molecule has 0 radical (unpaired) electrons. The van der Waals surface area contributed by atoms with Crippen LogP contribution in [0.25, 0.3) is 11.3 Å². The molecule has 0 aliphatic carbocycles. The van der Waals surface area contributed by atoms with E-state index in [0.29, 0.717) is 17.8 Å². The molecule has 22 heavy (non-hydrogen) atoms. The number of fused-ring (bicyclic) bond motifs is 1. The SMILES string of the molecule is O[C@@H]1CCCN(c2nc3nonc3nc2N2CCSCC2)C1. The smallest absolute Gasteiger partial charge is 0.245 e. The summed E-state index contributed by atoms with van der Waals surface area (Å²) < 4.78 is 4.76. The Balaban J connectivity index is 1.75. The van der Waals surface area contributed by atoms with E-state index in [4.69, 9.17) is 4.63 Å². The molecular weight excluding hydrogens is 304 g/mol. The fraction of sp³-hybridized carbons (Fsp3) is 0.692. The van der Waals surface area contributed by atoms with Crippen molar-refractivity contribution in [2.45, 2.75) is 18.9 Å². The van der Waals surface area contributed by atoms with Gasteiger partial charge in [-0.25, -0.2) is 14.6 Å². The predicted octanol–water partition coefficient (Wildman–Crippen LogP) is 0.527. The molecule has 2 aromatic rings. The molecule has 118 valence electrons. The van der Waals surface area contributed by atoms with Crippen LogP contribution in [0.2, 0.25) is 0 Å². The van der Waals surface area contributed by atoms with E-state index in [2.05, 4.69) is 30.1 Å². The summed E-state index contributed by atoms with van der Waals surface area (Å²) in [4.78, 5) is 13.6. The van der Waals surface area contributed by atoms with Crippen molar-refractivity contribution in [2.24, 2.45) is 0 Å². The highest BCUT2D eigenvalue weighted by Gasteiger charge is 2.27. The van der Waals surface area contributed by atoms with Gasteiger partial charge in [0.15, 0.2) is 11.6 Å². The monoisotopic (exact) mass is 322 g/mol. The molecule has 8 nitrogen and oxygen atoms in total. The van der Waals surface area contributed by atoms with Gasteiger partial charge < -0.3 is 14.9 Å². The molecule has 2 saturated heterocycles. The predicted molar refractivity (Wildman–Crippen MR) is 84.4 cm³/mol. The van der Waals surface area contributed by atoms with E-state index in [1.54, 1.807) is 0 Å². The summed E-state index contributed by atoms with van der Waals surface area (Å²) in [7, 11) is 0. The van der Waals surface area contributed by atoms with Crippen LogP contribution in [-0.2, 0) is 0 Å². The van der Waals surface area contributed by atoms with Crippen molar-refractivity contribution in [3.8, 4) is 0 Å². The zero-order valence-electron chi connectivity index (χ0n) is 12.2. The van der Waals surface area contributed by atoms with Gasteiger partial charge in [0.05, 0.1) is 6.10 Å². The summed E-state index contributed by atoms with van der Waals surface area (Å²) in [5.74, 6) is 3.78. The van der Waals surface area contributed by atoms with E-state index in [1.165, 1.54) is 0 Å². The van der Waals surface area contributed by atoms with Gasteiger partial charge in [0.1, 0.15) is 0 Å². The third-order valence-corrected chi connectivity index (χ3v) is 5.03. The number of aliphatic hydroxyl groups excluding tert-OH is 1. The van der Waals surface area contributed by atoms with Crippen LogP contribution in [0.3, 0.4) is 0 Å². The van der Waals surface area contributed by atoms with Crippen molar-refractivity contribution < 1.29 is 9.74 Å². The molecule has 1 atom stereocenters. The lowest BCUT2D eigenvalue weighted by atomic mass is 10.1. The molecule has 9 heteroatoms. The van der Waals surface area contributed by atoms with Crippen molar-refractivity contribution in [3.63, 3.8) is 0 Å². The molecule has 0 amide bonds.